The van der Waals surface area contributed by atoms with Gasteiger partial charge in [-0.25, -0.2) is 0 Å². The van der Waals surface area contributed by atoms with Gasteiger partial charge in [0.15, 0.2) is 0 Å². The van der Waals surface area contributed by atoms with Crippen molar-refractivity contribution in [3.8, 4) is 11.1 Å². The summed E-state index contributed by atoms with van der Waals surface area (Å²) in [5, 5.41) is 5.27. The molecule has 0 aliphatic heterocycles. The number of benzene rings is 6. The van der Waals surface area contributed by atoms with Gasteiger partial charge in [-0.1, -0.05) is 0 Å². The molecule has 0 aromatic heterocycles. The van der Waals surface area contributed by atoms with Crippen LogP contribution >= 0.6 is 24.8 Å². The number of allylic oxidation sites excluding steroid dienone is 4. The molecule has 0 heterocycles. The van der Waals surface area contributed by atoms with Gasteiger partial charge in [0, 0.05) is 0 Å². The second-order valence-corrected chi connectivity index (χ2v) is 39.7. The fraction of sp³-hybridized carbons (Fsp3) is 0.327. The third kappa shape index (κ3) is 6.62. The van der Waals surface area contributed by atoms with E-state index in [4.69, 9.17) is 4.26 Å². The van der Waals surface area contributed by atoms with Crippen LogP contribution in [0.5, 0.6) is 0 Å². The van der Waals surface area contributed by atoms with Crippen LogP contribution in [0.4, 0.5) is 0 Å². The maximum atomic E-state index is 6.16. The fourth-order valence-electron chi connectivity index (χ4n) is 10.8. The Hall–Kier alpha value is -3.36. The SMILES string of the molecule is Cl.Cl.[CH2]=[Hf]([C]1=CC=CC1)([c]1c2c(cc(C(C)(C)C)c1C(C)(C)C)-c1cc(C(C)(C)C)c(C(C)(C)C)cc1C2)([c]1cccc2ccccc12)[c]1cccc2ccccc12. The van der Waals surface area contributed by atoms with Crippen LogP contribution in [0.15, 0.2) is 125 Å². The first-order valence-electron chi connectivity index (χ1n) is 20.9. The van der Waals surface area contributed by atoms with E-state index in [1.165, 1.54) is 76.0 Å². The van der Waals surface area contributed by atoms with E-state index < -0.39 is 18.0 Å². The van der Waals surface area contributed by atoms with Gasteiger partial charge in [0.05, 0.1) is 0 Å². The van der Waals surface area contributed by atoms with Crippen LogP contribution in [0.2, 0.25) is 0 Å². The van der Waals surface area contributed by atoms with Crippen LogP contribution in [0, 0.1) is 0 Å². The first-order chi connectivity index (χ1) is 26.1. The molecule has 0 saturated heterocycles. The molecule has 0 atom stereocenters. The first-order valence-corrected chi connectivity index (χ1v) is 30.6. The van der Waals surface area contributed by atoms with Crippen molar-refractivity contribution in [1.29, 1.82) is 0 Å². The van der Waals surface area contributed by atoms with Crippen molar-refractivity contribution >= 4 is 60.6 Å². The van der Waals surface area contributed by atoms with Crippen LogP contribution in [0.25, 0.3) is 32.7 Å². The third-order valence-corrected chi connectivity index (χ3v) is 37.4. The molecule has 302 valence electrons. The molecule has 0 nitrogen and oxygen atoms in total. The summed E-state index contributed by atoms with van der Waals surface area (Å²) >= 11 is -5.58. The van der Waals surface area contributed by atoms with Gasteiger partial charge in [-0.2, -0.15) is 0 Å². The van der Waals surface area contributed by atoms with Crippen LogP contribution in [-0.4, -0.2) is 4.26 Å². The number of rotatable bonds is 4. The molecule has 0 unspecified atom stereocenters. The summed E-state index contributed by atoms with van der Waals surface area (Å²) in [5.41, 5.74) is 11.5. The molecule has 8 rings (SSSR count). The van der Waals surface area contributed by atoms with Crippen molar-refractivity contribution in [2.75, 3.05) is 0 Å². The van der Waals surface area contributed by atoms with Crippen LogP contribution in [0.3, 0.4) is 0 Å². The van der Waals surface area contributed by atoms with E-state index in [9.17, 15) is 0 Å². The topological polar surface area (TPSA) is 0 Å². The summed E-state index contributed by atoms with van der Waals surface area (Å²) in [6, 6.07) is 40.4. The minimum atomic E-state index is -5.58. The Kier molecular flexibility index (Phi) is 11.2. The summed E-state index contributed by atoms with van der Waals surface area (Å²) in [5.74, 6) is 0. The van der Waals surface area contributed by atoms with E-state index in [0.29, 0.717) is 0 Å². The molecule has 0 amide bonds. The van der Waals surface area contributed by atoms with E-state index in [1.807, 2.05) is 0 Å². The molecular weight excluding hydrogens is 910 g/mol. The Bertz CT molecular complexity index is 2630. The van der Waals surface area contributed by atoms with Gasteiger partial charge in [0.2, 0.25) is 0 Å². The normalized spacial score (nSPS) is 14.5. The van der Waals surface area contributed by atoms with Gasteiger partial charge in [-0.3, -0.25) is 0 Å². The zero-order valence-corrected chi connectivity index (χ0v) is 42.2. The van der Waals surface area contributed by atoms with Crippen molar-refractivity contribution in [3.63, 3.8) is 0 Å². The molecule has 6 aromatic rings. The van der Waals surface area contributed by atoms with Gasteiger partial charge >= 0.3 is 341 Å². The van der Waals surface area contributed by atoms with E-state index >= 15 is 0 Å². The minimum absolute atomic E-state index is 0. The predicted octanol–water partition coefficient (Wildman–Crippen LogP) is 13.8. The summed E-state index contributed by atoms with van der Waals surface area (Å²) in [4.78, 5) is 0. The summed E-state index contributed by atoms with van der Waals surface area (Å²) in [7, 11) is 0. The zero-order chi connectivity index (χ0) is 40.2. The van der Waals surface area contributed by atoms with Crippen LogP contribution in [-0.2, 0) is 46.1 Å². The van der Waals surface area contributed by atoms with Gasteiger partial charge in [0.1, 0.15) is 0 Å². The van der Waals surface area contributed by atoms with Crippen molar-refractivity contribution in [2.45, 2.75) is 118 Å². The molecule has 0 radical (unpaired) electrons. The molecule has 2 aliphatic rings. The molecule has 0 spiro atoms. The summed E-state index contributed by atoms with van der Waals surface area (Å²) < 4.78 is 12.2. The predicted molar refractivity (Wildman–Crippen MR) is 260 cm³/mol. The van der Waals surface area contributed by atoms with Crippen molar-refractivity contribution < 1.29 is 18.0 Å². The van der Waals surface area contributed by atoms with E-state index in [-0.39, 0.29) is 46.5 Å². The van der Waals surface area contributed by atoms with Crippen LogP contribution in [0.1, 0.15) is 123 Å². The Balaban J connectivity index is 0.00000283. The summed E-state index contributed by atoms with van der Waals surface area (Å²) in [6.45, 7) is 29.1. The molecule has 6 aromatic carbocycles. The average molecular weight is 975 g/mol. The van der Waals surface area contributed by atoms with Gasteiger partial charge < -0.3 is 0 Å². The standard InChI is InChI=1S/C29H41.2C10H7.C5H5.CH2.2ClH.Hf/c1-26(2,3)22-14-18-13-19-15-23(27(4,5)6)25(29(10,11)12)17-21(19)20(18)16-24(22)28(7,8)9;2*1-2-6-10-8-4-3-7-9(10)5-1;1-2-4-5-3-1;;;;/h14,16-17H,13H2,1-12H3;2*1-7H;1-3H,4H2;1H2;2*1H;. The van der Waals surface area contributed by atoms with Crippen molar-refractivity contribution in [3.05, 3.63) is 158 Å². The molecule has 2 aliphatic carbocycles. The Morgan fingerprint density at radius 1 is 0.517 bits per heavy atom. The van der Waals surface area contributed by atoms with E-state index in [1.54, 1.807) is 3.32 Å². The van der Waals surface area contributed by atoms with Gasteiger partial charge in [-0.15, -0.1) is 24.8 Å². The van der Waals surface area contributed by atoms with Crippen LogP contribution < -0.4 is 9.96 Å². The maximum absolute atomic E-state index is 6.16. The first kappa shape index (κ1) is 44.2. The molecule has 58 heavy (non-hydrogen) atoms. The van der Waals surface area contributed by atoms with E-state index in [2.05, 4.69) is 204 Å². The van der Waals surface area contributed by atoms with Gasteiger partial charge in [0.25, 0.3) is 0 Å². The molecule has 0 fully saturated rings. The summed E-state index contributed by atoms with van der Waals surface area (Å²) in [6.07, 6.45) is 9.07. The number of fused-ring (bicyclic) bond motifs is 5. The Morgan fingerprint density at radius 3 is 1.45 bits per heavy atom. The Labute approximate surface area is 362 Å². The second kappa shape index (κ2) is 14.7. The van der Waals surface area contributed by atoms with Gasteiger partial charge in [-0.05, 0) is 0 Å². The zero-order valence-electron chi connectivity index (χ0n) is 37.0. The molecule has 0 saturated carbocycles. The van der Waals surface area contributed by atoms with E-state index in [0.717, 1.165) is 12.8 Å². The van der Waals surface area contributed by atoms with Crippen molar-refractivity contribution in [1.82, 2.24) is 0 Å². The Morgan fingerprint density at radius 2 is 0.983 bits per heavy atom. The molecule has 3 heteroatoms. The second-order valence-electron chi connectivity index (χ2n) is 21.3. The third-order valence-electron chi connectivity index (χ3n) is 13.3. The number of hydrogen-bond acceptors (Lipinski definition) is 0. The number of halogens is 2. The average Bonchev–Trinajstić information content (AvgIpc) is 3.81. The molecular formula is C55H64Cl2Hf. The molecule has 0 bridgehead atoms. The number of hydrogen-bond donors (Lipinski definition) is 0. The fourth-order valence-corrected chi connectivity index (χ4v) is 37.4. The quantitative estimate of drug-likeness (QED) is 0.154. The molecule has 0 N–H and O–H groups in total. The van der Waals surface area contributed by atoms with Crippen molar-refractivity contribution in [2.24, 2.45) is 0 Å². The monoisotopic (exact) mass is 974 g/mol.